The first-order valence-electron chi connectivity index (χ1n) is 7.24. The quantitative estimate of drug-likeness (QED) is 0.844. The van der Waals surface area contributed by atoms with E-state index < -0.39 is 0 Å². The maximum absolute atomic E-state index is 5.58. The lowest BCUT2D eigenvalue weighted by Gasteiger charge is -2.27. The molecule has 0 aromatic carbocycles. The van der Waals surface area contributed by atoms with Crippen molar-refractivity contribution in [3.63, 3.8) is 0 Å². The molecule has 0 saturated heterocycles. The molecule has 19 heavy (non-hydrogen) atoms. The summed E-state index contributed by atoms with van der Waals surface area (Å²) in [7, 11) is 0. The van der Waals surface area contributed by atoms with Crippen LogP contribution in [-0.2, 0) is 6.42 Å². The normalized spacial score (nSPS) is 20.2. The molecule has 0 amide bonds. The second kappa shape index (κ2) is 5.93. The van der Waals surface area contributed by atoms with E-state index in [4.69, 9.17) is 4.42 Å². The van der Waals surface area contributed by atoms with Crippen LogP contribution in [-0.4, -0.2) is 0 Å². The van der Waals surface area contributed by atoms with Crippen molar-refractivity contribution in [1.82, 2.24) is 5.32 Å². The van der Waals surface area contributed by atoms with Crippen LogP contribution < -0.4 is 5.32 Å². The largest absolute Gasteiger partial charge is 0.469 e. The number of furan rings is 1. The van der Waals surface area contributed by atoms with Crippen molar-refractivity contribution in [2.75, 3.05) is 0 Å². The molecule has 2 nitrogen and oxygen atoms in total. The van der Waals surface area contributed by atoms with E-state index in [1.165, 1.54) is 41.9 Å². The van der Waals surface area contributed by atoms with Crippen LogP contribution in [0.2, 0.25) is 0 Å². The zero-order valence-corrected chi connectivity index (χ0v) is 12.2. The number of rotatable bonds is 5. The average Bonchev–Trinajstić information content (AvgIpc) is 3.10. The molecule has 2 aromatic rings. The van der Waals surface area contributed by atoms with Gasteiger partial charge < -0.3 is 9.73 Å². The smallest absolute Gasteiger partial charge is 0.108 e. The SMILES string of the molecule is CCCC(NC1CCCc2occc21)c1cccs1. The first-order chi connectivity index (χ1) is 9.38. The van der Waals surface area contributed by atoms with Crippen molar-refractivity contribution < 1.29 is 4.42 Å². The summed E-state index contributed by atoms with van der Waals surface area (Å²) in [5.74, 6) is 1.19. The molecule has 1 aliphatic carbocycles. The highest BCUT2D eigenvalue weighted by molar-refractivity contribution is 7.10. The van der Waals surface area contributed by atoms with Crippen LogP contribution in [0.3, 0.4) is 0 Å². The van der Waals surface area contributed by atoms with Crippen molar-refractivity contribution in [2.45, 2.75) is 51.1 Å². The van der Waals surface area contributed by atoms with Gasteiger partial charge in [0.25, 0.3) is 0 Å². The molecule has 0 fully saturated rings. The Morgan fingerprint density at radius 1 is 1.47 bits per heavy atom. The van der Waals surface area contributed by atoms with E-state index >= 15 is 0 Å². The van der Waals surface area contributed by atoms with Crippen LogP contribution in [0.5, 0.6) is 0 Å². The zero-order valence-electron chi connectivity index (χ0n) is 11.4. The standard InChI is InChI=1S/C16H21NOS/c1-2-5-14(16-8-4-11-19-16)17-13-6-3-7-15-12(13)9-10-18-15/h4,8-11,13-14,17H,2-3,5-7H2,1H3. The van der Waals surface area contributed by atoms with Gasteiger partial charge in [0.05, 0.1) is 6.26 Å². The summed E-state index contributed by atoms with van der Waals surface area (Å²) in [4.78, 5) is 1.46. The monoisotopic (exact) mass is 275 g/mol. The highest BCUT2D eigenvalue weighted by atomic mass is 32.1. The van der Waals surface area contributed by atoms with Gasteiger partial charge in [-0.1, -0.05) is 19.4 Å². The van der Waals surface area contributed by atoms with Gasteiger partial charge in [-0.3, -0.25) is 0 Å². The molecule has 2 heterocycles. The molecule has 0 radical (unpaired) electrons. The summed E-state index contributed by atoms with van der Waals surface area (Å²) >= 11 is 1.86. The number of aryl methyl sites for hydroxylation is 1. The Morgan fingerprint density at radius 3 is 3.21 bits per heavy atom. The molecule has 2 atom stereocenters. The molecule has 3 rings (SSSR count). The van der Waals surface area contributed by atoms with E-state index in [2.05, 4.69) is 35.8 Å². The molecule has 1 aliphatic rings. The molecule has 0 aliphatic heterocycles. The van der Waals surface area contributed by atoms with Crippen molar-refractivity contribution in [1.29, 1.82) is 0 Å². The molecule has 0 saturated carbocycles. The minimum atomic E-state index is 0.459. The van der Waals surface area contributed by atoms with Crippen LogP contribution in [0.4, 0.5) is 0 Å². The summed E-state index contributed by atoms with van der Waals surface area (Å²) in [6, 6.07) is 7.48. The predicted octanol–water partition coefficient (Wildman–Crippen LogP) is 4.85. The van der Waals surface area contributed by atoms with E-state index in [9.17, 15) is 0 Å². The fourth-order valence-electron chi connectivity index (χ4n) is 2.99. The lowest BCUT2D eigenvalue weighted by Crippen LogP contribution is -2.28. The van der Waals surface area contributed by atoms with E-state index in [1.807, 2.05) is 17.6 Å². The molecule has 102 valence electrons. The third kappa shape index (κ3) is 2.77. The molecule has 0 spiro atoms. The first-order valence-corrected chi connectivity index (χ1v) is 8.12. The fourth-order valence-corrected chi connectivity index (χ4v) is 3.81. The van der Waals surface area contributed by atoms with Crippen LogP contribution in [0.25, 0.3) is 0 Å². The number of hydrogen-bond acceptors (Lipinski definition) is 3. The number of thiophene rings is 1. The van der Waals surface area contributed by atoms with E-state index in [1.54, 1.807) is 0 Å². The maximum Gasteiger partial charge on any atom is 0.108 e. The van der Waals surface area contributed by atoms with Gasteiger partial charge in [0.1, 0.15) is 5.76 Å². The first kappa shape index (κ1) is 12.9. The minimum Gasteiger partial charge on any atom is -0.469 e. The molecule has 2 aromatic heterocycles. The van der Waals surface area contributed by atoms with Crippen molar-refractivity contribution in [3.05, 3.63) is 46.0 Å². The summed E-state index contributed by atoms with van der Waals surface area (Å²) in [5, 5.41) is 6.02. The van der Waals surface area contributed by atoms with Crippen LogP contribution >= 0.6 is 11.3 Å². The Morgan fingerprint density at radius 2 is 2.42 bits per heavy atom. The molecule has 1 N–H and O–H groups in total. The number of hydrogen-bond donors (Lipinski definition) is 1. The highest BCUT2D eigenvalue weighted by Crippen LogP contribution is 2.34. The molecular weight excluding hydrogens is 254 g/mol. The minimum absolute atomic E-state index is 0.459. The maximum atomic E-state index is 5.58. The van der Waals surface area contributed by atoms with E-state index in [0.717, 1.165) is 6.42 Å². The van der Waals surface area contributed by atoms with Crippen molar-refractivity contribution >= 4 is 11.3 Å². The lowest BCUT2D eigenvalue weighted by molar-refractivity contribution is 0.367. The second-order valence-electron chi connectivity index (χ2n) is 5.27. The second-order valence-corrected chi connectivity index (χ2v) is 6.25. The summed E-state index contributed by atoms with van der Waals surface area (Å²) in [6.07, 6.45) is 7.78. The third-order valence-corrected chi connectivity index (χ3v) is 4.90. The van der Waals surface area contributed by atoms with Crippen LogP contribution in [0.15, 0.2) is 34.3 Å². The molecule has 2 unspecified atom stereocenters. The van der Waals surface area contributed by atoms with Gasteiger partial charge in [-0.05, 0) is 36.8 Å². The topological polar surface area (TPSA) is 25.2 Å². The third-order valence-electron chi connectivity index (χ3n) is 3.92. The van der Waals surface area contributed by atoms with E-state index in [0.29, 0.717) is 12.1 Å². The van der Waals surface area contributed by atoms with E-state index in [-0.39, 0.29) is 0 Å². The summed E-state index contributed by atoms with van der Waals surface area (Å²) in [5.41, 5.74) is 1.38. The Labute approximate surface area is 118 Å². The Kier molecular flexibility index (Phi) is 4.04. The Hall–Kier alpha value is -1.06. The van der Waals surface area contributed by atoms with Crippen molar-refractivity contribution in [2.24, 2.45) is 0 Å². The molecule has 0 bridgehead atoms. The van der Waals surface area contributed by atoms with Gasteiger partial charge in [-0.15, -0.1) is 11.3 Å². The van der Waals surface area contributed by atoms with Gasteiger partial charge in [-0.2, -0.15) is 0 Å². The molecular formula is C16H21NOS. The lowest BCUT2D eigenvalue weighted by atomic mass is 9.92. The van der Waals surface area contributed by atoms with Gasteiger partial charge in [-0.25, -0.2) is 0 Å². The molecule has 3 heteroatoms. The average molecular weight is 275 g/mol. The Balaban J connectivity index is 1.77. The number of fused-ring (bicyclic) bond motifs is 1. The Bertz CT molecular complexity index is 503. The van der Waals surface area contributed by atoms with Crippen LogP contribution in [0.1, 0.15) is 60.9 Å². The van der Waals surface area contributed by atoms with Crippen molar-refractivity contribution in [3.8, 4) is 0 Å². The van der Waals surface area contributed by atoms with Gasteiger partial charge in [0, 0.05) is 28.9 Å². The fraction of sp³-hybridized carbons (Fsp3) is 0.500. The van der Waals surface area contributed by atoms with Gasteiger partial charge >= 0.3 is 0 Å². The summed E-state index contributed by atoms with van der Waals surface area (Å²) in [6.45, 7) is 2.26. The van der Waals surface area contributed by atoms with Gasteiger partial charge in [0.2, 0.25) is 0 Å². The number of nitrogens with one attached hydrogen (secondary N) is 1. The predicted molar refractivity (Wildman–Crippen MR) is 79.5 cm³/mol. The highest BCUT2D eigenvalue weighted by Gasteiger charge is 2.25. The summed E-state index contributed by atoms with van der Waals surface area (Å²) < 4.78 is 5.58. The van der Waals surface area contributed by atoms with Crippen LogP contribution in [0, 0.1) is 0 Å². The van der Waals surface area contributed by atoms with Gasteiger partial charge in [0.15, 0.2) is 0 Å². The zero-order chi connectivity index (χ0) is 13.1.